The Hall–Kier alpha value is -0.730. The molecular weight excluding hydrogens is 174 g/mol. The molecule has 0 atom stereocenters. The third kappa shape index (κ3) is 1.40. The van der Waals surface area contributed by atoms with Crippen LogP contribution in [-0.4, -0.2) is 11.7 Å². The number of alkyl halides is 2. The fraction of sp³-hybridized carbons (Fsp3) is 0.700. The van der Waals surface area contributed by atoms with Gasteiger partial charge in [-0.15, -0.1) is 0 Å². The monoisotopic (exact) mass is 186 g/mol. The Morgan fingerprint density at radius 2 is 1.77 bits per heavy atom. The third-order valence-electron chi connectivity index (χ3n) is 2.93. The summed E-state index contributed by atoms with van der Waals surface area (Å²) < 4.78 is 26.0. The van der Waals surface area contributed by atoms with Crippen LogP contribution in [0.5, 0.6) is 0 Å². The van der Waals surface area contributed by atoms with Crippen LogP contribution in [0.15, 0.2) is 11.1 Å². The minimum Gasteiger partial charge on any atom is -0.288 e. The van der Waals surface area contributed by atoms with E-state index in [0.29, 0.717) is 18.4 Å². The number of halogens is 2. The molecule has 72 valence electrons. The summed E-state index contributed by atoms with van der Waals surface area (Å²) in [6.07, 6.45) is 3.53. The quantitative estimate of drug-likeness (QED) is 0.568. The van der Waals surface area contributed by atoms with Crippen LogP contribution in [0, 0.1) is 0 Å². The van der Waals surface area contributed by atoms with Gasteiger partial charge in [-0.1, -0.05) is 5.57 Å². The molecule has 13 heavy (non-hydrogen) atoms. The van der Waals surface area contributed by atoms with Gasteiger partial charge in [0.15, 0.2) is 0 Å². The van der Waals surface area contributed by atoms with Crippen molar-refractivity contribution >= 4 is 5.78 Å². The van der Waals surface area contributed by atoms with E-state index in [1.54, 1.807) is 0 Å². The molecule has 0 radical (unpaired) electrons. The molecule has 0 aliphatic heterocycles. The van der Waals surface area contributed by atoms with Crippen LogP contribution in [0.2, 0.25) is 0 Å². The molecule has 0 saturated carbocycles. The van der Waals surface area contributed by atoms with E-state index < -0.39 is 11.7 Å². The Balaban J connectivity index is 2.33. The number of carbonyl (C=O) groups excluding carboxylic acids is 1. The summed E-state index contributed by atoms with van der Waals surface area (Å²) in [6, 6.07) is 0. The van der Waals surface area contributed by atoms with Crippen molar-refractivity contribution in [3.63, 3.8) is 0 Å². The van der Waals surface area contributed by atoms with E-state index in [2.05, 4.69) is 0 Å². The lowest BCUT2D eigenvalue weighted by Gasteiger charge is -2.28. The molecule has 1 nitrogen and oxygen atoms in total. The number of ketones is 1. The Labute approximate surface area is 75.8 Å². The summed E-state index contributed by atoms with van der Waals surface area (Å²) in [7, 11) is 0. The molecule has 0 N–H and O–H groups in total. The maximum Gasteiger partial charge on any atom is 0.309 e. The van der Waals surface area contributed by atoms with Gasteiger partial charge >= 0.3 is 5.92 Å². The molecule has 0 amide bonds. The maximum atomic E-state index is 13.0. The van der Waals surface area contributed by atoms with E-state index in [9.17, 15) is 13.6 Å². The molecule has 0 aromatic carbocycles. The zero-order chi connectivity index (χ0) is 9.47. The third-order valence-corrected chi connectivity index (χ3v) is 2.93. The number of hydrogen-bond acceptors (Lipinski definition) is 1. The van der Waals surface area contributed by atoms with Gasteiger partial charge in [-0.3, -0.25) is 4.79 Å². The SMILES string of the molecule is O=C1C2=C(CCCC2)CCC1(F)F. The first kappa shape index (κ1) is 8.85. The zero-order valence-electron chi connectivity index (χ0n) is 7.41. The lowest BCUT2D eigenvalue weighted by molar-refractivity contribution is -0.141. The highest BCUT2D eigenvalue weighted by Crippen LogP contribution is 2.40. The van der Waals surface area contributed by atoms with E-state index in [1.807, 2.05) is 0 Å². The molecular formula is C10H12F2O. The van der Waals surface area contributed by atoms with Gasteiger partial charge in [-0.25, -0.2) is 0 Å². The molecule has 0 saturated heterocycles. The molecule has 3 heteroatoms. The number of allylic oxidation sites excluding steroid dienone is 2. The summed E-state index contributed by atoms with van der Waals surface area (Å²) in [6.45, 7) is 0. The Morgan fingerprint density at radius 3 is 2.54 bits per heavy atom. The number of Topliss-reactive ketones (excluding diaryl/α,β-unsaturated/α-hetero) is 1. The van der Waals surface area contributed by atoms with Gasteiger partial charge in [0.05, 0.1) is 0 Å². The Kier molecular flexibility index (Phi) is 1.97. The fourth-order valence-electron chi connectivity index (χ4n) is 2.16. The molecule has 2 aliphatic rings. The van der Waals surface area contributed by atoms with Crippen molar-refractivity contribution in [2.75, 3.05) is 0 Å². The first-order valence-electron chi connectivity index (χ1n) is 4.75. The van der Waals surface area contributed by atoms with E-state index in [-0.39, 0.29) is 6.42 Å². The first-order valence-corrected chi connectivity index (χ1v) is 4.75. The van der Waals surface area contributed by atoms with E-state index in [0.717, 1.165) is 24.8 Å². The van der Waals surface area contributed by atoms with Crippen molar-refractivity contribution < 1.29 is 13.6 Å². The second kappa shape index (κ2) is 2.89. The molecule has 0 spiro atoms. The molecule has 0 aromatic heterocycles. The van der Waals surface area contributed by atoms with Crippen molar-refractivity contribution in [2.45, 2.75) is 44.4 Å². The molecule has 0 aromatic rings. The van der Waals surface area contributed by atoms with Crippen LogP contribution in [0.25, 0.3) is 0 Å². The Bertz CT molecular complexity index is 279. The number of hydrogen-bond donors (Lipinski definition) is 0. The molecule has 2 rings (SSSR count). The van der Waals surface area contributed by atoms with Gasteiger partial charge < -0.3 is 0 Å². The van der Waals surface area contributed by atoms with Crippen molar-refractivity contribution in [3.8, 4) is 0 Å². The average molecular weight is 186 g/mol. The molecule has 0 unspecified atom stereocenters. The molecule has 0 fully saturated rings. The lowest BCUT2D eigenvalue weighted by Crippen LogP contribution is -2.35. The highest BCUT2D eigenvalue weighted by atomic mass is 19.3. The largest absolute Gasteiger partial charge is 0.309 e. The molecule has 0 heterocycles. The van der Waals surface area contributed by atoms with Crippen molar-refractivity contribution in [3.05, 3.63) is 11.1 Å². The smallest absolute Gasteiger partial charge is 0.288 e. The van der Waals surface area contributed by atoms with Crippen molar-refractivity contribution in [1.82, 2.24) is 0 Å². The summed E-state index contributed by atoms with van der Waals surface area (Å²) in [5.41, 5.74) is 1.45. The zero-order valence-corrected chi connectivity index (χ0v) is 7.41. The van der Waals surface area contributed by atoms with Gasteiger partial charge in [-0.2, -0.15) is 8.78 Å². The second-order valence-electron chi connectivity index (χ2n) is 3.82. The van der Waals surface area contributed by atoms with Crippen LogP contribution in [0.4, 0.5) is 8.78 Å². The predicted octanol–water partition coefficient (Wildman–Crippen LogP) is 2.86. The highest BCUT2D eigenvalue weighted by molar-refractivity contribution is 6.02. The van der Waals surface area contributed by atoms with Gasteiger partial charge in [0.25, 0.3) is 0 Å². The normalized spacial score (nSPS) is 27.4. The summed E-state index contributed by atoms with van der Waals surface area (Å²) in [5.74, 6) is -3.97. The predicted molar refractivity (Wildman–Crippen MR) is 44.7 cm³/mol. The second-order valence-corrected chi connectivity index (χ2v) is 3.82. The summed E-state index contributed by atoms with van der Waals surface area (Å²) in [5, 5.41) is 0. The van der Waals surface area contributed by atoms with Crippen LogP contribution < -0.4 is 0 Å². The lowest BCUT2D eigenvalue weighted by atomic mass is 9.80. The summed E-state index contributed by atoms with van der Waals surface area (Å²) in [4.78, 5) is 11.3. The maximum absolute atomic E-state index is 13.0. The van der Waals surface area contributed by atoms with Crippen LogP contribution in [-0.2, 0) is 4.79 Å². The molecule has 0 bridgehead atoms. The fourth-order valence-corrected chi connectivity index (χ4v) is 2.16. The molecule has 2 aliphatic carbocycles. The highest BCUT2D eigenvalue weighted by Gasteiger charge is 2.44. The Morgan fingerprint density at radius 1 is 1.08 bits per heavy atom. The van der Waals surface area contributed by atoms with E-state index in [1.165, 1.54) is 0 Å². The average Bonchev–Trinajstić information content (AvgIpc) is 2.13. The van der Waals surface area contributed by atoms with Crippen molar-refractivity contribution in [1.29, 1.82) is 0 Å². The summed E-state index contributed by atoms with van der Waals surface area (Å²) >= 11 is 0. The first-order chi connectivity index (χ1) is 6.11. The van der Waals surface area contributed by atoms with E-state index in [4.69, 9.17) is 0 Å². The van der Waals surface area contributed by atoms with Gasteiger partial charge in [0.1, 0.15) is 0 Å². The minimum atomic E-state index is -3.07. The van der Waals surface area contributed by atoms with Gasteiger partial charge in [0.2, 0.25) is 5.78 Å². The van der Waals surface area contributed by atoms with E-state index >= 15 is 0 Å². The van der Waals surface area contributed by atoms with Gasteiger partial charge in [0, 0.05) is 12.0 Å². The number of rotatable bonds is 0. The van der Waals surface area contributed by atoms with Crippen molar-refractivity contribution in [2.24, 2.45) is 0 Å². The van der Waals surface area contributed by atoms with Crippen LogP contribution in [0.1, 0.15) is 38.5 Å². The van der Waals surface area contributed by atoms with Crippen LogP contribution in [0.3, 0.4) is 0 Å². The van der Waals surface area contributed by atoms with Crippen LogP contribution >= 0.6 is 0 Å². The minimum absolute atomic E-state index is 0.273. The standard InChI is InChI=1S/C10H12F2O/c11-10(12)6-5-7-3-1-2-4-8(7)9(10)13/h1-6H2. The topological polar surface area (TPSA) is 17.1 Å². The van der Waals surface area contributed by atoms with Gasteiger partial charge in [-0.05, 0) is 32.1 Å². The number of carbonyl (C=O) groups is 1.